The number of nitrogens with two attached hydrogens (primary N) is 1. The minimum absolute atomic E-state index is 0.00403. The minimum Gasteiger partial charge on any atom is -0.455 e. The van der Waals surface area contributed by atoms with Crippen LogP contribution in [0.2, 0.25) is 0 Å². The van der Waals surface area contributed by atoms with Gasteiger partial charge in [0, 0.05) is 23.3 Å². The average molecular weight is 334 g/mol. The van der Waals surface area contributed by atoms with Crippen molar-refractivity contribution in [2.75, 3.05) is 0 Å². The molecule has 7 heteroatoms. The third-order valence-corrected chi connectivity index (χ3v) is 3.39. The quantitative estimate of drug-likeness (QED) is 0.333. The third kappa shape index (κ3) is 3.97. The van der Waals surface area contributed by atoms with Crippen LogP contribution < -0.4 is 5.73 Å². The Bertz CT molecular complexity index is 946. The van der Waals surface area contributed by atoms with E-state index in [1.807, 2.05) is 30.3 Å². The van der Waals surface area contributed by atoms with E-state index in [-0.39, 0.29) is 5.69 Å². The van der Waals surface area contributed by atoms with Gasteiger partial charge in [-0.25, -0.2) is 0 Å². The Labute approximate surface area is 143 Å². The van der Waals surface area contributed by atoms with E-state index in [0.717, 1.165) is 5.56 Å². The van der Waals surface area contributed by atoms with Gasteiger partial charge < -0.3 is 10.2 Å². The van der Waals surface area contributed by atoms with Crippen molar-refractivity contribution in [2.45, 2.75) is 0 Å². The first-order valence-corrected chi connectivity index (χ1v) is 7.40. The van der Waals surface area contributed by atoms with Gasteiger partial charge in [0.15, 0.2) is 5.84 Å². The van der Waals surface area contributed by atoms with E-state index in [2.05, 4.69) is 10.2 Å². The molecule has 0 saturated heterocycles. The molecule has 0 spiro atoms. The molecule has 0 amide bonds. The zero-order chi connectivity index (χ0) is 17.6. The molecule has 124 valence electrons. The Kier molecular flexibility index (Phi) is 4.66. The molecule has 0 aliphatic carbocycles. The van der Waals surface area contributed by atoms with Crippen LogP contribution in [0.1, 0.15) is 11.3 Å². The van der Waals surface area contributed by atoms with Crippen molar-refractivity contribution < 1.29 is 9.34 Å². The highest BCUT2D eigenvalue weighted by Gasteiger charge is 2.09. The summed E-state index contributed by atoms with van der Waals surface area (Å²) in [6, 6.07) is 18.9. The zero-order valence-electron chi connectivity index (χ0n) is 13.1. The number of amidine groups is 1. The molecule has 3 aromatic rings. The summed E-state index contributed by atoms with van der Waals surface area (Å²) in [5.41, 5.74) is 7.23. The van der Waals surface area contributed by atoms with E-state index in [1.165, 1.54) is 18.3 Å². The van der Waals surface area contributed by atoms with E-state index in [1.54, 1.807) is 24.3 Å². The number of non-ortho nitro benzene ring substituents is 1. The molecular weight excluding hydrogens is 320 g/mol. The second-order valence-corrected chi connectivity index (χ2v) is 5.11. The highest BCUT2D eigenvalue weighted by Crippen LogP contribution is 2.25. The second-order valence-electron chi connectivity index (χ2n) is 5.11. The first-order chi connectivity index (χ1) is 12.1. The van der Waals surface area contributed by atoms with E-state index in [0.29, 0.717) is 22.9 Å². The summed E-state index contributed by atoms with van der Waals surface area (Å²) in [5, 5.41) is 18.7. The molecule has 3 rings (SSSR count). The fourth-order valence-electron chi connectivity index (χ4n) is 2.16. The molecule has 0 unspecified atom stereocenters. The van der Waals surface area contributed by atoms with Gasteiger partial charge >= 0.3 is 0 Å². The summed E-state index contributed by atoms with van der Waals surface area (Å²) >= 11 is 0. The van der Waals surface area contributed by atoms with Gasteiger partial charge in [0.05, 0.1) is 11.1 Å². The summed E-state index contributed by atoms with van der Waals surface area (Å²) in [4.78, 5) is 10.4. The van der Waals surface area contributed by atoms with Gasteiger partial charge in [0.2, 0.25) is 0 Å². The molecule has 0 radical (unpaired) electrons. The summed E-state index contributed by atoms with van der Waals surface area (Å²) in [6.07, 6.45) is 1.43. The van der Waals surface area contributed by atoms with Crippen LogP contribution in [-0.4, -0.2) is 17.0 Å². The SMILES string of the molecule is N/C(=N\N=C\c1ccc(-c2cccc([N+](=O)[O-])c2)o1)c1ccccc1. The molecule has 0 saturated carbocycles. The van der Waals surface area contributed by atoms with Crippen LogP contribution in [0.15, 0.2) is 81.4 Å². The summed E-state index contributed by atoms with van der Waals surface area (Å²) in [7, 11) is 0. The minimum atomic E-state index is -0.449. The Balaban J connectivity index is 1.76. The van der Waals surface area contributed by atoms with Crippen molar-refractivity contribution in [3.63, 3.8) is 0 Å². The summed E-state index contributed by atoms with van der Waals surface area (Å²) in [5.74, 6) is 1.26. The molecular formula is C18H14N4O3. The number of benzene rings is 2. The predicted octanol–water partition coefficient (Wildman–Crippen LogP) is 3.59. The van der Waals surface area contributed by atoms with Gasteiger partial charge in [-0.3, -0.25) is 10.1 Å². The number of nitrogens with zero attached hydrogens (tertiary/aromatic N) is 3. The van der Waals surface area contributed by atoms with Crippen molar-refractivity contribution in [1.82, 2.24) is 0 Å². The third-order valence-electron chi connectivity index (χ3n) is 3.39. The number of hydrogen-bond donors (Lipinski definition) is 1. The molecule has 0 bridgehead atoms. The molecule has 0 fully saturated rings. The van der Waals surface area contributed by atoms with Gasteiger partial charge in [-0.05, 0) is 12.1 Å². The highest BCUT2D eigenvalue weighted by molar-refractivity contribution is 5.97. The number of furan rings is 1. The van der Waals surface area contributed by atoms with E-state index < -0.39 is 4.92 Å². The van der Waals surface area contributed by atoms with Crippen LogP contribution in [-0.2, 0) is 0 Å². The molecule has 7 nitrogen and oxygen atoms in total. The molecule has 25 heavy (non-hydrogen) atoms. The lowest BCUT2D eigenvalue weighted by Crippen LogP contribution is -2.12. The van der Waals surface area contributed by atoms with Crippen LogP contribution in [0.3, 0.4) is 0 Å². The van der Waals surface area contributed by atoms with Crippen LogP contribution >= 0.6 is 0 Å². The van der Waals surface area contributed by atoms with Gasteiger partial charge in [0.25, 0.3) is 5.69 Å². The number of hydrogen-bond acceptors (Lipinski definition) is 5. The maximum Gasteiger partial charge on any atom is 0.270 e. The van der Waals surface area contributed by atoms with Gasteiger partial charge in [0.1, 0.15) is 11.5 Å². The Morgan fingerprint density at radius 2 is 1.88 bits per heavy atom. The largest absolute Gasteiger partial charge is 0.455 e. The molecule has 2 N–H and O–H groups in total. The van der Waals surface area contributed by atoms with Crippen molar-refractivity contribution in [3.8, 4) is 11.3 Å². The smallest absolute Gasteiger partial charge is 0.270 e. The van der Waals surface area contributed by atoms with Crippen molar-refractivity contribution >= 4 is 17.7 Å². The molecule has 0 atom stereocenters. The Morgan fingerprint density at radius 1 is 1.08 bits per heavy atom. The molecule has 2 aromatic carbocycles. The van der Waals surface area contributed by atoms with Gasteiger partial charge in [-0.2, -0.15) is 5.10 Å². The molecule has 1 heterocycles. The standard InChI is InChI=1S/C18H14N4O3/c19-18(13-5-2-1-3-6-13)21-20-12-16-9-10-17(25-16)14-7-4-8-15(11-14)22(23)24/h1-12H,(H2,19,21)/b20-12+. The number of nitro groups is 1. The Morgan fingerprint density at radius 3 is 2.64 bits per heavy atom. The van der Waals surface area contributed by atoms with Crippen molar-refractivity contribution in [3.05, 3.63) is 88.2 Å². The summed E-state index contributed by atoms with van der Waals surface area (Å²) < 4.78 is 5.61. The van der Waals surface area contributed by atoms with Crippen LogP contribution in [0.25, 0.3) is 11.3 Å². The fourth-order valence-corrected chi connectivity index (χ4v) is 2.16. The fraction of sp³-hybridized carbons (Fsp3) is 0. The van der Waals surface area contributed by atoms with Gasteiger partial charge in [-0.15, -0.1) is 5.10 Å². The number of rotatable bonds is 5. The first kappa shape index (κ1) is 16.1. The van der Waals surface area contributed by atoms with Crippen LogP contribution in [0.5, 0.6) is 0 Å². The van der Waals surface area contributed by atoms with E-state index >= 15 is 0 Å². The average Bonchev–Trinajstić information content (AvgIpc) is 3.11. The molecule has 1 aromatic heterocycles. The Hall–Kier alpha value is -3.74. The number of nitro benzene ring substituents is 1. The predicted molar refractivity (Wildman–Crippen MR) is 95.6 cm³/mol. The monoisotopic (exact) mass is 334 g/mol. The highest BCUT2D eigenvalue weighted by atomic mass is 16.6. The second kappa shape index (κ2) is 7.22. The summed E-state index contributed by atoms with van der Waals surface area (Å²) in [6.45, 7) is 0. The van der Waals surface area contributed by atoms with Crippen LogP contribution in [0.4, 0.5) is 5.69 Å². The zero-order valence-corrected chi connectivity index (χ0v) is 13.1. The lowest BCUT2D eigenvalue weighted by Gasteiger charge is -1.97. The topological polar surface area (TPSA) is 107 Å². The maximum atomic E-state index is 10.8. The van der Waals surface area contributed by atoms with Crippen molar-refractivity contribution in [1.29, 1.82) is 0 Å². The van der Waals surface area contributed by atoms with Crippen molar-refractivity contribution in [2.24, 2.45) is 15.9 Å². The molecule has 0 aliphatic rings. The van der Waals surface area contributed by atoms with E-state index in [9.17, 15) is 10.1 Å². The van der Waals surface area contributed by atoms with Crippen LogP contribution in [0, 0.1) is 10.1 Å². The first-order valence-electron chi connectivity index (χ1n) is 7.40. The normalized spacial score (nSPS) is 11.8. The lowest BCUT2D eigenvalue weighted by molar-refractivity contribution is -0.384. The molecule has 0 aliphatic heterocycles. The van der Waals surface area contributed by atoms with Gasteiger partial charge in [-0.1, -0.05) is 42.5 Å². The van der Waals surface area contributed by atoms with E-state index in [4.69, 9.17) is 10.2 Å². The lowest BCUT2D eigenvalue weighted by atomic mass is 10.1. The maximum absolute atomic E-state index is 10.8.